The fourth-order valence-electron chi connectivity index (χ4n) is 1.04. The zero-order valence-corrected chi connectivity index (χ0v) is 9.93. The summed E-state index contributed by atoms with van der Waals surface area (Å²) in [6.07, 6.45) is 0. The molecule has 15 heavy (non-hydrogen) atoms. The second-order valence-electron chi connectivity index (χ2n) is 2.74. The molecule has 0 atom stereocenters. The average molecular weight is 277 g/mol. The predicted octanol–water partition coefficient (Wildman–Crippen LogP) is 2.91. The van der Waals surface area contributed by atoms with E-state index in [1.807, 2.05) is 0 Å². The van der Waals surface area contributed by atoms with Crippen molar-refractivity contribution in [2.45, 2.75) is 13.8 Å². The van der Waals surface area contributed by atoms with Gasteiger partial charge in [0.2, 0.25) is 5.75 Å². The molecule has 1 aromatic rings. The van der Waals surface area contributed by atoms with Crippen LogP contribution in [0.1, 0.15) is 13.8 Å². The molecular formula is C10H10BrFO3. The van der Waals surface area contributed by atoms with E-state index in [9.17, 15) is 9.18 Å². The smallest absolute Gasteiger partial charge is 0.308 e. The zero-order valence-electron chi connectivity index (χ0n) is 8.34. The Hall–Kier alpha value is -1.10. The molecule has 0 bridgehead atoms. The summed E-state index contributed by atoms with van der Waals surface area (Å²) in [4.78, 5) is 10.8. The Morgan fingerprint density at radius 2 is 2.20 bits per heavy atom. The van der Waals surface area contributed by atoms with E-state index in [-0.39, 0.29) is 11.5 Å². The van der Waals surface area contributed by atoms with E-state index in [4.69, 9.17) is 9.47 Å². The number of hydrogen-bond donors (Lipinski definition) is 0. The first-order valence-electron chi connectivity index (χ1n) is 4.34. The van der Waals surface area contributed by atoms with Crippen LogP contribution in [-0.4, -0.2) is 12.6 Å². The third kappa shape index (κ3) is 3.20. The normalized spacial score (nSPS) is 9.87. The highest BCUT2D eigenvalue weighted by atomic mass is 79.9. The van der Waals surface area contributed by atoms with Crippen LogP contribution in [-0.2, 0) is 4.79 Å². The van der Waals surface area contributed by atoms with Crippen LogP contribution in [0.15, 0.2) is 16.6 Å². The van der Waals surface area contributed by atoms with Crippen molar-refractivity contribution in [1.29, 1.82) is 0 Å². The Morgan fingerprint density at radius 1 is 1.53 bits per heavy atom. The maximum absolute atomic E-state index is 13.4. The summed E-state index contributed by atoms with van der Waals surface area (Å²) in [5.74, 6) is -1.19. The third-order valence-electron chi connectivity index (χ3n) is 1.52. The molecule has 5 heteroatoms. The quantitative estimate of drug-likeness (QED) is 0.629. The van der Waals surface area contributed by atoms with Gasteiger partial charge in [0.1, 0.15) is 0 Å². The number of esters is 1. The molecule has 3 nitrogen and oxygen atoms in total. The van der Waals surface area contributed by atoms with Crippen LogP contribution < -0.4 is 9.47 Å². The van der Waals surface area contributed by atoms with Crippen molar-refractivity contribution in [3.05, 3.63) is 22.4 Å². The zero-order chi connectivity index (χ0) is 11.4. The van der Waals surface area contributed by atoms with Crippen molar-refractivity contribution < 1.29 is 18.7 Å². The molecule has 1 aromatic carbocycles. The summed E-state index contributed by atoms with van der Waals surface area (Å²) >= 11 is 3.12. The van der Waals surface area contributed by atoms with Crippen LogP contribution in [0.25, 0.3) is 0 Å². The molecule has 0 spiro atoms. The Balaban J connectivity index is 3.14. The highest BCUT2D eigenvalue weighted by Crippen LogP contribution is 2.33. The van der Waals surface area contributed by atoms with E-state index in [0.717, 1.165) is 0 Å². The summed E-state index contributed by atoms with van der Waals surface area (Å²) in [7, 11) is 0. The molecule has 1 rings (SSSR count). The van der Waals surface area contributed by atoms with Crippen LogP contribution in [0.4, 0.5) is 4.39 Å². The Morgan fingerprint density at radius 3 is 2.73 bits per heavy atom. The number of carbonyl (C=O) groups is 1. The molecule has 82 valence electrons. The third-order valence-corrected chi connectivity index (χ3v) is 1.98. The van der Waals surface area contributed by atoms with Crippen LogP contribution in [0, 0.1) is 5.82 Å². The lowest BCUT2D eigenvalue weighted by Gasteiger charge is -2.10. The maximum Gasteiger partial charge on any atom is 0.308 e. The van der Waals surface area contributed by atoms with Crippen LogP contribution in [0.2, 0.25) is 0 Å². The molecule has 0 fully saturated rings. The molecule has 0 radical (unpaired) electrons. The molecule has 0 aromatic heterocycles. The summed E-state index contributed by atoms with van der Waals surface area (Å²) in [5.41, 5.74) is 0. The maximum atomic E-state index is 13.4. The summed E-state index contributed by atoms with van der Waals surface area (Å²) in [6, 6.07) is 2.76. The van der Waals surface area contributed by atoms with Gasteiger partial charge in [0.25, 0.3) is 0 Å². The molecule has 0 aliphatic heterocycles. The number of carbonyl (C=O) groups excluding carboxylic acids is 1. The Bertz CT molecular complexity index is 379. The average Bonchev–Trinajstić information content (AvgIpc) is 2.11. The Kier molecular flexibility index (Phi) is 4.08. The first kappa shape index (κ1) is 12.0. The number of rotatable bonds is 3. The SMILES string of the molecule is CCOc1cc(Br)cc(F)c1OC(C)=O. The van der Waals surface area contributed by atoms with Crippen LogP contribution >= 0.6 is 15.9 Å². The van der Waals surface area contributed by atoms with Gasteiger partial charge in [0, 0.05) is 11.4 Å². The van der Waals surface area contributed by atoms with Gasteiger partial charge < -0.3 is 9.47 Å². The molecule has 0 heterocycles. The lowest BCUT2D eigenvalue weighted by atomic mass is 10.3. The van der Waals surface area contributed by atoms with E-state index in [0.29, 0.717) is 11.1 Å². The molecule has 0 saturated heterocycles. The van der Waals surface area contributed by atoms with Gasteiger partial charge in [-0.1, -0.05) is 15.9 Å². The van der Waals surface area contributed by atoms with Crippen molar-refractivity contribution in [2.75, 3.05) is 6.61 Å². The standard InChI is InChI=1S/C10H10BrFO3/c1-3-14-9-5-7(11)4-8(12)10(9)15-6(2)13/h4-5H,3H2,1-2H3. The molecule has 0 N–H and O–H groups in total. The largest absolute Gasteiger partial charge is 0.490 e. The van der Waals surface area contributed by atoms with E-state index in [1.165, 1.54) is 13.0 Å². The number of ether oxygens (including phenoxy) is 2. The van der Waals surface area contributed by atoms with Gasteiger partial charge in [0.15, 0.2) is 11.6 Å². The number of benzene rings is 1. The first-order valence-corrected chi connectivity index (χ1v) is 5.14. The molecule has 0 amide bonds. The van der Waals surface area contributed by atoms with E-state index < -0.39 is 11.8 Å². The molecule has 0 unspecified atom stereocenters. The molecule has 0 saturated carbocycles. The molecular weight excluding hydrogens is 267 g/mol. The fraction of sp³-hybridized carbons (Fsp3) is 0.300. The van der Waals surface area contributed by atoms with E-state index in [1.54, 1.807) is 13.0 Å². The minimum absolute atomic E-state index is 0.174. The lowest BCUT2D eigenvalue weighted by molar-refractivity contribution is -0.132. The second-order valence-corrected chi connectivity index (χ2v) is 3.66. The van der Waals surface area contributed by atoms with Gasteiger partial charge >= 0.3 is 5.97 Å². The fourth-order valence-corrected chi connectivity index (χ4v) is 1.45. The van der Waals surface area contributed by atoms with Gasteiger partial charge in [-0.05, 0) is 19.1 Å². The van der Waals surface area contributed by atoms with Crippen molar-refractivity contribution in [2.24, 2.45) is 0 Å². The van der Waals surface area contributed by atoms with Crippen molar-refractivity contribution in [3.63, 3.8) is 0 Å². The molecule has 0 aliphatic carbocycles. The predicted molar refractivity (Wildman–Crippen MR) is 56.6 cm³/mol. The molecule has 0 aliphatic rings. The van der Waals surface area contributed by atoms with E-state index >= 15 is 0 Å². The summed E-state index contributed by atoms with van der Waals surface area (Å²) in [6.45, 7) is 3.33. The minimum atomic E-state index is -0.636. The van der Waals surface area contributed by atoms with Crippen molar-refractivity contribution >= 4 is 21.9 Å². The van der Waals surface area contributed by atoms with Gasteiger partial charge in [-0.3, -0.25) is 4.79 Å². The van der Waals surface area contributed by atoms with Crippen LogP contribution in [0.3, 0.4) is 0 Å². The minimum Gasteiger partial charge on any atom is -0.490 e. The topological polar surface area (TPSA) is 35.5 Å². The highest BCUT2D eigenvalue weighted by molar-refractivity contribution is 9.10. The summed E-state index contributed by atoms with van der Waals surface area (Å²) < 4.78 is 23.8. The number of hydrogen-bond acceptors (Lipinski definition) is 3. The van der Waals surface area contributed by atoms with Crippen molar-refractivity contribution in [1.82, 2.24) is 0 Å². The highest BCUT2D eigenvalue weighted by Gasteiger charge is 2.14. The first-order chi connectivity index (χ1) is 7.04. The monoisotopic (exact) mass is 276 g/mol. The number of halogens is 2. The van der Waals surface area contributed by atoms with Gasteiger partial charge in [0.05, 0.1) is 6.61 Å². The second kappa shape index (κ2) is 5.11. The van der Waals surface area contributed by atoms with E-state index in [2.05, 4.69) is 15.9 Å². The summed E-state index contributed by atoms with van der Waals surface area (Å²) in [5, 5.41) is 0. The van der Waals surface area contributed by atoms with Crippen molar-refractivity contribution in [3.8, 4) is 11.5 Å². The Labute approximate surface area is 95.3 Å². The van der Waals surface area contributed by atoms with Gasteiger partial charge in [-0.2, -0.15) is 0 Å². The van der Waals surface area contributed by atoms with Gasteiger partial charge in [-0.15, -0.1) is 0 Å². The lowest BCUT2D eigenvalue weighted by Crippen LogP contribution is -2.06. The van der Waals surface area contributed by atoms with Crippen LogP contribution in [0.5, 0.6) is 11.5 Å². The van der Waals surface area contributed by atoms with Gasteiger partial charge in [-0.25, -0.2) is 4.39 Å².